The van der Waals surface area contributed by atoms with Crippen molar-refractivity contribution in [2.45, 2.75) is 65.1 Å². The van der Waals surface area contributed by atoms with Gasteiger partial charge in [-0.3, -0.25) is 4.79 Å². The van der Waals surface area contributed by atoms with E-state index in [4.69, 9.17) is 9.47 Å². The molecular weight excluding hydrogens is 312 g/mol. The van der Waals surface area contributed by atoms with E-state index < -0.39 is 5.60 Å². The maximum Gasteiger partial charge on any atom is 0.312 e. The second-order valence-corrected chi connectivity index (χ2v) is 9.32. The van der Waals surface area contributed by atoms with Crippen LogP contribution in [0.2, 0.25) is 0 Å². The lowest BCUT2D eigenvalue weighted by atomic mass is 9.45. The van der Waals surface area contributed by atoms with Crippen molar-refractivity contribution in [2.75, 3.05) is 6.61 Å². The van der Waals surface area contributed by atoms with Crippen LogP contribution < -0.4 is 0 Å². The Bertz CT molecular complexity index is 604. The number of rotatable bonds is 4. The van der Waals surface area contributed by atoms with Crippen LogP contribution in [0, 0.1) is 35.0 Å². The van der Waals surface area contributed by atoms with Crippen molar-refractivity contribution in [2.24, 2.45) is 35.0 Å². The summed E-state index contributed by atoms with van der Waals surface area (Å²) in [6.07, 6.45) is 13.1. The summed E-state index contributed by atoms with van der Waals surface area (Å²) in [7, 11) is 0. The molecule has 25 heavy (non-hydrogen) atoms. The van der Waals surface area contributed by atoms with Crippen LogP contribution in [0.4, 0.5) is 0 Å². The van der Waals surface area contributed by atoms with E-state index in [1.54, 1.807) is 0 Å². The molecule has 4 bridgehead atoms. The summed E-state index contributed by atoms with van der Waals surface area (Å²) in [6.45, 7) is 9.51. The van der Waals surface area contributed by atoms with Crippen LogP contribution in [0.3, 0.4) is 0 Å². The fraction of sp³-hybridized carbons (Fsp3) is 0.773. The lowest BCUT2D eigenvalue weighted by molar-refractivity contribution is -0.210. The summed E-state index contributed by atoms with van der Waals surface area (Å²) in [4.78, 5) is 12.6. The molecule has 0 aromatic heterocycles. The van der Waals surface area contributed by atoms with Crippen molar-refractivity contribution < 1.29 is 14.3 Å². The third-order valence-corrected chi connectivity index (χ3v) is 7.81. The molecule has 0 radical (unpaired) electrons. The largest absolute Gasteiger partial charge is 0.466 e. The molecule has 0 aliphatic heterocycles. The van der Waals surface area contributed by atoms with Crippen LogP contribution in [0.5, 0.6) is 0 Å². The zero-order valence-electron chi connectivity index (χ0n) is 16.0. The monoisotopic (exact) mass is 344 g/mol. The Labute approximate surface area is 151 Å². The molecule has 4 fully saturated rings. The van der Waals surface area contributed by atoms with E-state index >= 15 is 0 Å². The molecule has 138 valence electrons. The number of ether oxygens (including phenoxy) is 2. The van der Waals surface area contributed by atoms with Gasteiger partial charge in [-0.05, 0) is 61.7 Å². The molecule has 5 aliphatic rings. The Kier molecular flexibility index (Phi) is 4.14. The first-order valence-electron chi connectivity index (χ1n) is 10.1. The average molecular weight is 344 g/mol. The molecule has 0 spiro atoms. The van der Waals surface area contributed by atoms with E-state index in [0.717, 1.165) is 31.1 Å². The zero-order valence-corrected chi connectivity index (χ0v) is 16.0. The first-order chi connectivity index (χ1) is 11.9. The molecule has 0 amide bonds. The average Bonchev–Trinajstić information content (AvgIpc) is 2.77. The number of hydrogen-bond acceptors (Lipinski definition) is 3. The molecule has 4 saturated carbocycles. The molecule has 0 N–H and O–H groups in total. The van der Waals surface area contributed by atoms with Gasteiger partial charge in [0.1, 0.15) is 5.60 Å². The Hall–Kier alpha value is -1.09. The number of hydrogen-bond donors (Lipinski definition) is 0. The highest BCUT2D eigenvalue weighted by Gasteiger charge is 2.59. The third kappa shape index (κ3) is 2.61. The minimum atomic E-state index is -0.479. The van der Waals surface area contributed by atoms with Crippen molar-refractivity contribution in [3.63, 3.8) is 0 Å². The van der Waals surface area contributed by atoms with Gasteiger partial charge in [-0.2, -0.15) is 0 Å². The van der Waals surface area contributed by atoms with Gasteiger partial charge in [0, 0.05) is 0 Å². The van der Waals surface area contributed by atoms with Crippen LogP contribution in [-0.2, 0) is 14.3 Å². The van der Waals surface area contributed by atoms with Gasteiger partial charge in [-0.25, -0.2) is 0 Å². The maximum atomic E-state index is 12.6. The lowest BCUT2D eigenvalue weighted by Gasteiger charge is -2.62. The normalized spacial score (nSPS) is 46.4. The van der Waals surface area contributed by atoms with Crippen molar-refractivity contribution >= 4 is 5.97 Å². The van der Waals surface area contributed by atoms with Gasteiger partial charge in [0.15, 0.2) is 0 Å². The van der Waals surface area contributed by atoms with Gasteiger partial charge < -0.3 is 9.47 Å². The third-order valence-electron chi connectivity index (χ3n) is 7.81. The fourth-order valence-corrected chi connectivity index (χ4v) is 6.16. The van der Waals surface area contributed by atoms with E-state index in [0.29, 0.717) is 23.9 Å². The van der Waals surface area contributed by atoms with Crippen molar-refractivity contribution in [1.29, 1.82) is 0 Å². The summed E-state index contributed by atoms with van der Waals surface area (Å²) < 4.78 is 12.3. The Morgan fingerprint density at radius 1 is 1.20 bits per heavy atom. The zero-order chi connectivity index (χ0) is 17.8. The minimum Gasteiger partial charge on any atom is -0.466 e. The molecule has 0 saturated heterocycles. The van der Waals surface area contributed by atoms with Gasteiger partial charge in [0.25, 0.3) is 0 Å². The molecule has 3 nitrogen and oxygen atoms in total. The Morgan fingerprint density at radius 3 is 2.68 bits per heavy atom. The van der Waals surface area contributed by atoms with Crippen molar-refractivity contribution in [3.05, 3.63) is 24.3 Å². The van der Waals surface area contributed by atoms with Crippen LogP contribution in [-0.4, -0.2) is 24.3 Å². The molecule has 3 heteroatoms. The number of esters is 1. The maximum absolute atomic E-state index is 12.6. The lowest BCUT2D eigenvalue weighted by Crippen LogP contribution is -2.59. The fourth-order valence-electron chi connectivity index (χ4n) is 6.16. The highest BCUT2D eigenvalue weighted by molar-refractivity contribution is 5.75. The summed E-state index contributed by atoms with van der Waals surface area (Å²) in [6, 6.07) is 0. The van der Waals surface area contributed by atoms with Gasteiger partial charge in [-0.1, -0.05) is 45.1 Å². The van der Waals surface area contributed by atoms with E-state index in [9.17, 15) is 4.79 Å². The first-order valence-corrected chi connectivity index (χ1v) is 10.1. The van der Waals surface area contributed by atoms with Crippen LogP contribution in [0.1, 0.15) is 53.4 Å². The quantitative estimate of drug-likeness (QED) is 0.703. The summed E-state index contributed by atoms with van der Waals surface area (Å²) in [5.74, 6) is 2.23. The Morgan fingerprint density at radius 2 is 2.00 bits per heavy atom. The predicted molar refractivity (Wildman–Crippen MR) is 97.9 cm³/mol. The standard InChI is InChI=1S/C22H32O3/c1-5-24-20(23)18-10-15-8-6-7-9-22(18,13-15)25-19-12-16-11-17(14(19)2)21(16,3)4/h6-9,14-19H,5,10-13H2,1-4H3/t14-,15-,16+,17-,18+,19-,22+/m1/s1. The van der Waals surface area contributed by atoms with Gasteiger partial charge in [-0.15, -0.1) is 0 Å². The predicted octanol–water partition coefficient (Wildman–Crippen LogP) is 4.53. The highest BCUT2D eigenvalue weighted by Crippen LogP contribution is 2.62. The number of fused-ring (bicyclic) bond motifs is 4. The van der Waals surface area contributed by atoms with E-state index in [1.807, 2.05) is 6.92 Å². The number of carbonyl (C=O) groups excluding carboxylic acids is 1. The number of carbonyl (C=O) groups is 1. The van der Waals surface area contributed by atoms with Crippen LogP contribution >= 0.6 is 0 Å². The molecule has 0 unspecified atom stereocenters. The van der Waals surface area contributed by atoms with Crippen molar-refractivity contribution in [1.82, 2.24) is 0 Å². The summed E-state index contributed by atoms with van der Waals surface area (Å²) >= 11 is 0. The van der Waals surface area contributed by atoms with E-state index in [1.165, 1.54) is 6.42 Å². The van der Waals surface area contributed by atoms with E-state index in [-0.39, 0.29) is 18.0 Å². The van der Waals surface area contributed by atoms with Crippen molar-refractivity contribution in [3.8, 4) is 0 Å². The van der Waals surface area contributed by atoms with Crippen LogP contribution in [0.15, 0.2) is 24.3 Å². The molecule has 5 rings (SSSR count). The van der Waals surface area contributed by atoms with Gasteiger partial charge in [0.05, 0.1) is 18.6 Å². The topological polar surface area (TPSA) is 35.5 Å². The molecule has 5 aliphatic carbocycles. The first kappa shape index (κ1) is 17.3. The smallest absolute Gasteiger partial charge is 0.312 e. The molecular formula is C22H32O3. The SMILES string of the molecule is CCOC(=O)[C@@H]1C[C@H]2C=CC=C[C@]1(O[C@@H]1C[C@@H]3C[C@H]([C@H]1C)C3(C)C)C2. The van der Waals surface area contributed by atoms with Crippen LogP contribution in [0.25, 0.3) is 0 Å². The molecule has 0 aromatic carbocycles. The second-order valence-electron chi connectivity index (χ2n) is 9.32. The summed E-state index contributed by atoms with van der Waals surface area (Å²) in [5.41, 5.74) is -0.0240. The second kappa shape index (κ2) is 5.97. The number of allylic oxidation sites excluding steroid dienone is 3. The Balaban J connectivity index is 1.57. The molecule has 0 heterocycles. The molecule has 0 aromatic rings. The highest BCUT2D eigenvalue weighted by atomic mass is 16.5. The van der Waals surface area contributed by atoms with Gasteiger partial charge >= 0.3 is 5.97 Å². The van der Waals surface area contributed by atoms with Gasteiger partial charge in [0.2, 0.25) is 0 Å². The minimum absolute atomic E-state index is 0.0844. The van der Waals surface area contributed by atoms with E-state index in [2.05, 4.69) is 45.1 Å². The molecule has 7 atom stereocenters. The summed E-state index contributed by atoms with van der Waals surface area (Å²) in [5, 5.41) is 0.